The number of anilines is 1. The molecule has 1 aliphatic carbocycles. The zero-order valence-corrected chi connectivity index (χ0v) is 17.3. The van der Waals surface area contributed by atoms with Crippen molar-refractivity contribution < 1.29 is 22.7 Å². The lowest BCUT2D eigenvalue weighted by Gasteiger charge is -2.15. The van der Waals surface area contributed by atoms with Crippen LogP contribution < -0.4 is 19.5 Å². The van der Waals surface area contributed by atoms with E-state index in [9.17, 15) is 13.2 Å². The second kappa shape index (κ2) is 7.63. The predicted octanol–water partition coefficient (Wildman–Crippen LogP) is 3.63. The summed E-state index contributed by atoms with van der Waals surface area (Å²) < 4.78 is 38.8. The van der Waals surface area contributed by atoms with Gasteiger partial charge in [0.1, 0.15) is 0 Å². The van der Waals surface area contributed by atoms with E-state index in [2.05, 4.69) is 16.1 Å². The van der Waals surface area contributed by atoms with E-state index < -0.39 is 10.0 Å². The molecule has 1 atom stereocenters. The van der Waals surface area contributed by atoms with Crippen molar-refractivity contribution in [3.63, 3.8) is 0 Å². The van der Waals surface area contributed by atoms with E-state index in [0.717, 1.165) is 18.4 Å². The van der Waals surface area contributed by atoms with Crippen LogP contribution in [-0.2, 0) is 16.4 Å². The minimum atomic E-state index is -3.89. The van der Waals surface area contributed by atoms with Crippen molar-refractivity contribution in [1.82, 2.24) is 5.32 Å². The summed E-state index contributed by atoms with van der Waals surface area (Å²) in [5.41, 5.74) is 2.99. The molecule has 0 fully saturated rings. The number of amides is 1. The Balaban J connectivity index is 1.34. The quantitative estimate of drug-likeness (QED) is 0.637. The maximum atomic E-state index is 12.9. The van der Waals surface area contributed by atoms with Crippen LogP contribution in [-0.4, -0.2) is 21.1 Å². The molecule has 3 aromatic rings. The third-order valence-electron chi connectivity index (χ3n) is 5.47. The largest absolute Gasteiger partial charge is 0.454 e. The summed E-state index contributed by atoms with van der Waals surface area (Å²) in [4.78, 5) is 12.8. The van der Waals surface area contributed by atoms with Crippen molar-refractivity contribution in [1.29, 1.82) is 0 Å². The summed E-state index contributed by atoms with van der Waals surface area (Å²) in [7, 11) is -3.89. The molecule has 0 aromatic heterocycles. The first-order valence-corrected chi connectivity index (χ1v) is 11.4. The van der Waals surface area contributed by atoms with Gasteiger partial charge in [-0.2, -0.15) is 0 Å². The number of hydrogen-bond acceptors (Lipinski definition) is 5. The zero-order chi connectivity index (χ0) is 21.4. The zero-order valence-electron chi connectivity index (χ0n) is 16.5. The number of carbonyl (C=O) groups is 1. The summed E-state index contributed by atoms with van der Waals surface area (Å²) in [5.74, 6) is 0.738. The number of benzene rings is 3. The number of fused-ring (bicyclic) bond motifs is 2. The predicted molar refractivity (Wildman–Crippen MR) is 115 cm³/mol. The molecule has 3 aromatic carbocycles. The molecule has 31 heavy (non-hydrogen) atoms. The molecule has 0 saturated heterocycles. The van der Waals surface area contributed by atoms with Crippen LogP contribution in [0.5, 0.6) is 11.5 Å². The van der Waals surface area contributed by atoms with Crippen LogP contribution in [0.4, 0.5) is 5.69 Å². The van der Waals surface area contributed by atoms with E-state index in [1.807, 2.05) is 18.2 Å². The molecule has 158 valence electrons. The Kier molecular flexibility index (Phi) is 4.78. The second-order valence-corrected chi connectivity index (χ2v) is 9.15. The molecular weight excluding hydrogens is 416 g/mol. The van der Waals surface area contributed by atoms with Gasteiger partial charge in [0.25, 0.3) is 15.9 Å². The highest BCUT2D eigenvalue weighted by Crippen LogP contribution is 2.35. The lowest BCUT2D eigenvalue weighted by atomic mass is 10.1. The van der Waals surface area contributed by atoms with Crippen LogP contribution >= 0.6 is 0 Å². The molecule has 7 nitrogen and oxygen atoms in total. The Hall–Kier alpha value is -3.52. The van der Waals surface area contributed by atoms with Crippen molar-refractivity contribution in [2.24, 2.45) is 0 Å². The van der Waals surface area contributed by atoms with Crippen molar-refractivity contribution in [2.45, 2.75) is 23.8 Å². The summed E-state index contributed by atoms with van der Waals surface area (Å²) in [6.07, 6.45) is 1.74. The number of sulfonamides is 1. The lowest BCUT2D eigenvalue weighted by Crippen LogP contribution is -2.27. The van der Waals surface area contributed by atoms with E-state index >= 15 is 0 Å². The summed E-state index contributed by atoms with van der Waals surface area (Å²) in [5, 5.41) is 3.02. The van der Waals surface area contributed by atoms with E-state index in [-0.39, 0.29) is 29.2 Å². The average Bonchev–Trinajstić information content (AvgIpc) is 3.40. The van der Waals surface area contributed by atoms with Crippen molar-refractivity contribution in [2.75, 3.05) is 11.5 Å². The number of carbonyl (C=O) groups excluding carboxylic acids is 1. The first-order chi connectivity index (χ1) is 15.0. The monoisotopic (exact) mass is 436 g/mol. The third-order valence-corrected chi connectivity index (χ3v) is 6.85. The fraction of sp³-hybridized carbons (Fsp3) is 0.174. The van der Waals surface area contributed by atoms with Crippen molar-refractivity contribution in [3.8, 4) is 11.5 Å². The van der Waals surface area contributed by atoms with Gasteiger partial charge in [0.15, 0.2) is 11.5 Å². The van der Waals surface area contributed by atoms with E-state index in [1.54, 1.807) is 30.3 Å². The highest BCUT2D eigenvalue weighted by molar-refractivity contribution is 7.92. The van der Waals surface area contributed by atoms with Crippen LogP contribution in [0.25, 0.3) is 0 Å². The van der Waals surface area contributed by atoms with Gasteiger partial charge in [-0.25, -0.2) is 8.42 Å². The Morgan fingerprint density at radius 1 is 0.935 bits per heavy atom. The number of hydrogen-bond donors (Lipinski definition) is 2. The molecule has 1 amide bonds. The number of nitrogens with one attached hydrogen (secondary N) is 2. The van der Waals surface area contributed by atoms with Crippen LogP contribution in [0.2, 0.25) is 0 Å². The van der Waals surface area contributed by atoms with E-state index in [4.69, 9.17) is 9.47 Å². The Morgan fingerprint density at radius 2 is 1.77 bits per heavy atom. The highest BCUT2D eigenvalue weighted by Gasteiger charge is 2.25. The minimum Gasteiger partial charge on any atom is -0.454 e. The van der Waals surface area contributed by atoms with Gasteiger partial charge in [-0.05, 0) is 54.3 Å². The van der Waals surface area contributed by atoms with Gasteiger partial charge in [0.2, 0.25) is 6.79 Å². The standard InChI is InChI=1S/C23H20N2O5S/c26-23(24-20-10-8-15-4-1-2-7-19(15)20)16-5-3-6-18(12-16)31(27,28)25-17-9-11-21-22(13-17)30-14-29-21/h1-7,9,11-13,20,25H,8,10,14H2,(H,24,26)/t20-/m0/s1. The van der Waals surface area contributed by atoms with Crippen LogP contribution in [0, 0.1) is 0 Å². The van der Waals surface area contributed by atoms with Gasteiger partial charge in [-0.15, -0.1) is 0 Å². The van der Waals surface area contributed by atoms with Gasteiger partial charge < -0.3 is 14.8 Å². The molecule has 0 saturated carbocycles. The van der Waals surface area contributed by atoms with E-state index in [0.29, 0.717) is 17.2 Å². The van der Waals surface area contributed by atoms with Gasteiger partial charge in [-0.1, -0.05) is 30.3 Å². The molecule has 0 spiro atoms. The van der Waals surface area contributed by atoms with Gasteiger partial charge >= 0.3 is 0 Å². The smallest absolute Gasteiger partial charge is 0.261 e. The molecular formula is C23H20N2O5S. The van der Waals surface area contributed by atoms with Gasteiger partial charge in [0, 0.05) is 11.6 Å². The van der Waals surface area contributed by atoms with Gasteiger partial charge in [0.05, 0.1) is 16.6 Å². The third kappa shape index (κ3) is 3.82. The fourth-order valence-electron chi connectivity index (χ4n) is 3.93. The Bertz CT molecular complexity index is 1270. The van der Waals surface area contributed by atoms with Gasteiger partial charge in [-0.3, -0.25) is 9.52 Å². The maximum absolute atomic E-state index is 12.9. The molecule has 8 heteroatoms. The highest BCUT2D eigenvalue weighted by atomic mass is 32.2. The summed E-state index contributed by atoms with van der Waals surface area (Å²) >= 11 is 0. The molecule has 2 N–H and O–H groups in total. The minimum absolute atomic E-state index is 0.00430. The Labute approximate surface area is 180 Å². The Morgan fingerprint density at radius 3 is 2.68 bits per heavy atom. The summed E-state index contributed by atoms with van der Waals surface area (Å²) in [6, 6.07) is 18.8. The first kappa shape index (κ1) is 19.4. The molecule has 0 radical (unpaired) electrons. The van der Waals surface area contributed by atoms with Crippen molar-refractivity contribution in [3.05, 3.63) is 83.4 Å². The molecule has 0 unspecified atom stereocenters. The van der Waals surface area contributed by atoms with E-state index in [1.165, 1.54) is 17.7 Å². The molecule has 2 aliphatic rings. The molecule has 1 aliphatic heterocycles. The lowest BCUT2D eigenvalue weighted by molar-refractivity contribution is 0.0936. The second-order valence-electron chi connectivity index (χ2n) is 7.46. The topological polar surface area (TPSA) is 93.7 Å². The van der Waals surface area contributed by atoms with Crippen molar-refractivity contribution >= 4 is 21.6 Å². The molecule has 0 bridgehead atoms. The molecule has 5 rings (SSSR count). The number of rotatable bonds is 5. The SMILES string of the molecule is O=C(N[C@H]1CCc2ccccc21)c1cccc(S(=O)(=O)Nc2ccc3c(c2)OCO3)c1. The van der Waals surface area contributed by atoms with Crippen LogP contribution in [0.15, 0.2) is 71.6 Å². The maximum Gasteiger partial charge on any atom is 0.261 e. The first-order valence-electron chi connectivity index (χ1n) is 9.91. The normalized spacial score (nSPS) is 16.6. The number of ether oxygens (including phenoxy) is 2. The summed E-state index contributed by atoms with van der Waals surface area (Å²) in [6.45, 7) is 0.105. The fourth-order valence-corrected chi connectivity index (χ4v) is 5.02. The van der Waals surface area contributed by atoms with Crippen LogP contribution in [0.3, 0.4) is 0 Å². The number of aryl methyl sites for hydroxylation is 1. The molecule has 1 heterocycles. The average molecular weight is 436 g/mol. The van der Waals surface area contributed by atoms with Crippen LogP contribution in [0.1, 0.15) is 33.9 Å².